The Kier molecular flexibility index (Phi) is 7.04. The Labute approximate surface area is 201 Å². The van der Waals surface area contributed by atoms with Gasteiger partial charge in [0.2, 0.25) is 0 Å². The second-order valence-electron chi connectivity index (χ2n) is 10.0. The summed E-state index contributed by atoms with van der Waals surface area (Å²) >= 11 is 0.906. The van der Waals surface area contributed by atoms with Crippen molar-refractivity contribution < 1.29 is 32.2 Å². The summed E-state index contributed by atoms with van der Waals surface area (Å²) in [7, 11) is 0. The molecule has 2 saturated carbocycles. The minimum atomic E-state index is -5.18. The summed E-state index contributed by atoms with van der Waals surface area (Å²) in [4.78, 5) is 28.2. The van der Waals surface area contributed by atoms with Crippen molar-refractivity contribution in [1.29, 1.82) is 0 Å². The van der Waals surface area contributed by atoms with E-state index in [9.17, 15) is 22.8 Å². The fourth-order valence-electron chi connectivity index (χ4n) is 5.69. The molecule has 9 heteroatoms. The highest BCUT2D eigenvalue weighted by Crippen LogP contribution is 2.60. The van der Waals surface area contributed by atoms with Crippen LogP contribution in [0.15, 0.2) is 41.6 Å². The summed E-state index contributed by atoms with van der Waals surface area (Å²) in [5.41, 5.74) is 0. The first-order valence-corrected chi connectivity index (χ1v) is 12.6. The van der Waals surface area contributed by atoms with Gasteiger partial charge in [-0.2, -0.15) is 13.2 Å². The highest BCUT2D eigenvalue weighted by Gasteiger charge is 2.65. The van der Waals surface area contributed by atoms with Crippen LogP contribution in [0.3, 0.4) is 0 Å². The van der Waals surface area contributed by atoms with E-state index in [0.717, 1.165) is 24.6 Å². The van der Waals surface area contributed by atoms with Gasteiger partial charge in [0.25, 0.3) is 0 Å². The van der Waals surface area contributed by atoms with Gasteiger partial charge in [0, 0.05) is 12.1 Å². The standard InChI is InChI=1S/C25H30F3NO4S/c1-14(2)18-10-7-15(3)12-19(18)32-22(30)21-16-8-9-17(13-16)24(21,33-23(31)25(26,27)28)34-20-6-4-5-11-29-20/h4-6,8-9,11,14-19,21H,7,10,12-13H2,1-3H3/t15-,16-,17+,18+,19-,21?,24+/m0/s1. The van der Waals surface area contributed by atoms with E-state index >= 15 is 0 Å². The summed E-state index contributed by atoms with van der Waals surface area (Å²) in [6.07, 6.45) is 2.71. The maximum absolute atomic E-state index is 13.7. The molecule has 1 unspecified atom stereocenters. The van der Waals surface area contributed by atoms with Crippen molar-refractivity contribution in [2.45, 2.75) is 68.7 Å². The van der Waals surface area contributed by atoms with Crippen molar-refractivity contribution in [2.75, 3.05) is 0 Å². The van der Waals surface area contributed by atoms with Gasteiger partial charge in [-0.15, -0.1) is 0 Å². The van der Waals surface area contributed by atoms with E-state index in [1.807, 2.05) is 6.08 Å². The summed E-state index contributed by atoms with van der Waals surface area (Å²) in [6.45, 7) is 6.30. The van der Waals surface area contributed by atoms with Crippen LogP contribution in [0.25, 0.3) is 0 Å². The molecule has 2 bridgehead atoms. The van der Waals surface area contributed by atoms with Crippen LogP contribution < -0.4 is 0 Å². The van der Waals surface area contributed by atoms with Crippen LogP contribution in [0.1, 0.15) is 46.5 Å². The molecule has 7 atom stereocenters. The van der Waals surface area contributed by atoms with Gasteiger partial charge in [-0.25, -0.2) is 9.78 Å². The number of pyridine rings is 1. The van der Waals surface area contributed by atoms with Gasteiger partial charge in [0.15, 0.2) is 4.93 Å². The van der Waals surface area contributed by atoms with Gasteiger partial charge in [0.05, 0.1) is 5.03 Å². The topological polar surface area (TPSA) is 65.5 Å². The number of halogens is 3. The molecular weight excluding hydrogens is 467 g/mol. The second kappa shape index (κ2) is 9.55. The van der Waals surface area contributed by atoms with Crippen LogP contribution in [0.2, 0.25) is 0 Å². The lowest BCUT2D eigenvalue weighted by Crippen LogP contribution is -2.50. The van der Waals surface area contributed by atoms with E-state index in [1.165, 1.54) is 6.20 Å². The highest BCUT2D eigenvalue weighted by atomic mass is 32.2. The Balaban J connectivity index is 1.67. The number of rotatable bonds is 6. The summed E-state index contributed by atoms with van der Waals surface area (Å²) < 4.78 is 51.2. The Morgan fingerprint density at radius 1 is 1.18 bits per heavy atom. The van der Waals surface area contributed by atoms with E-state index in [2.05, 4.69) is 25.8 Å². The maximum atomic E-state index is 13.7. The second-order valence-corrected chi connectivity index (χ2v) is 11.3. The minimum Gasteiger partial charge on any atom is -0.462 e. The molecule has 3 aliphatic rings. The van der Waals surface area contributed by atoms with E-state index in [-0.39, 0.29) is 17.9 Å². The SMILES string of the molecule is CC(C)[C@H]1CC[C@H](C)C[C@@H]1OC(=O)C1[C@H]2C=C[C@H](C2)[C@@]1(OC(=O)C(F)(F)F)Sc1ccccn1. The Bertz CT molecular complexity index is 938. The molecule has 2 fully saturated rings. The first-order valence-electron chi connectivity index (χ1n) is 11.8. The molecule has 1 aromatic heterocycles. The smallest absolute Gasteiger partial charge is 0.462 e. The predicted molar refractivity (Wildman–Crippen MR) is 120 cm³/mol. The summed E-state index contributed by atoms with van der Waals surface area (Å²) in [5, 5.41) is 0.377. The molecule has 0 amide bonds. The lowest BCUT2D eigenvalue weighted by molar-refractivity contribution is -0.213. The quantitative estimate of drug-likeness (QED) is 0.281. The van der Waals surface area contributed by atoms with Crippen LogP contribution in [-0.4, -0.2) is 34.1 Å². The largest absolute Gasteiger partial charge is 0.490 e. The molecule has 1 aromatic rings. The first kappa shape index (κ1) is 25.1. The molecule has 0 radical (unpaired) electrons. The number of esters is 2. The molecule has 5 nitrogen and oxygen atoms in total. The molecule has 0 spiro atoms. The number of nitrogens with zero attached hydrogens (tertiary/aromatic N) is 1. The normalized spacial score (nSPS) is 34.9. The molecule has 3 aliphatic carbocycles. The van der Waals surface area contributed by atoms with Gasteiger partial charge in [0.1, 0.15) is 12.0 Å². The molecule has 1 heterocycles. The number of carbonyl (C=O) groups is 2. The number of fused-ring (bicyclic) bond motifs is 2. The molecule has 34 heavy (non-hydrogen) atoms. The van der Waals surface area contributed by atoms with Gasteiger partial charge in [-0.05, 0) is 55.1 Å². The summed E-state index contributed by atoms with van der Waals surface area (Å²) in [5.74, 6) is -3.99. The van der Waals surface area contributed by atoms with Crippen molar-refractivity contribution in [3.8, 4) is 0 Å². The molecule has 0 saturated heterocycles. The molecule has 0 N–H and O–H groups in total. The van der Waals surface area contributed by atoms with Gasteiger partial charge in [-0.3, -0.25) is 4.79 Å². The molecule has 0 aromatic carbocycles. The van der Waals surface area contributed by atoms with Crippen LogP contribution in [0.5, 0.6) is 0 Å². The number of carbonyl (C=O) groups excluding carboxylic acids is 2. The van der Waals surface area contributed by atoms with Gasteiger partial charge in [-0.1, -0.05) is 57.2 Å². The number of alkyl halides is 3. The van der Waals surface area contributed by atoms with Gasteiger partial charge < -0.3 is 9.47 Å². The zero-order chi connectivity index (χ0) is 24.7. The number of thioether (sulfide) groups is 1. The van der Waals surface area contributed by atoms with Crippen LogP contribution in [0.4, 0.5) is 13.2 Å². The van der Waals surface area contributed by atoms with E-state index in [0.29, 0.717) is 29.7 Å². The van der Waals surface area contributed by atoms with Crippen molar-refractivity contribution in [3.05, 3.63) is 36.5 Å². The average molecular weight is 498 g/mol. The number of aromatic nitrogens is 1. The third kappa shape index (κ3) is 4.86. The zero-order valence-corrected chi connectivity index (χ0v) is 20.3. The van der Waals surface area contributed by atoms with E-state index in [4.69, 9.17) is 9.47 Å². The van der Waals surface area contributed by atoms with Crippen molar-refractivity contribution in [3.63, 3.8) is 0 Å². The molecule has 0 aliphatic heterocycles. The molecule has 186 valence electrons. The summed E-state index contributed by atoms with van der Waals surface area (Å²) in [6, 6.07) is 5.01. The number of hydrogen-bond donors (Lipinski definition) is 0. The lowest BCUT2D eigenvalue weighted by Gasteiger charge is -2.41. The minimum absolute atomic E-state index is 0.185. The van der Waals surface area contributed by atoms with Gasteiger partial charge >= 0.3 is 18.1 Å². The Hall–Kier alpha value is -2.03. The predicted octanol–water partition coefficient (Wildman–Crippen LogP) is 5.80. The van der Waals surface area contributed by atoms with Crippen molar-refractivity contribution in [1.82, 2.24) is 4.98 Å². The Morgan fingerprint density at radius 2 is 1.94 bits per heavy atom. The van der Waals surface area contributed by atoms with E-state index < -0.39 is 34.9 Å². The first-order chi connectivity index (χ1) is 16.0. The van der Waals surface area contributed by atoms with Crippen LogP contribution in [0, 0.1) is 35.5 Å². The fourth-order valence-corrected chi connectivity index (χ4v) is 7.11. The van der Waals surface area contributed by atoms with Crippen molar-refractivity contribution in [2.24, 2.45) is 35.5 Å². The molecular formula is C25H30F3NO4S. The van der Waals surface area contributed by atoms with Crippen LogP contribution in [-0.2, 0) is 19.1 Å². The maximum Gasteiger partial charge on any atom is 0.490 e. The third-order valence-electron chi connectivity index (χ3n) is 7.36. The number of allylic oxidation sites excluding steroid dienone is 1. The average Bonchev–Trinajstić information content (AvgIpc) is 3.34. The zero-order valence-electron chi connectivity index (χ0n) is 19.5. The van der Waals surface area contributed by atoms with Crippen LogP contribution >= 0.6 is 11.8 Å². The monoisotopic (exact) mass is 497 g/mol. The number of hydrogen-bond acceptors (Lipinski definition) is 6. The fraction of sp³-hybridized carbons (Fsp3) is 0.640. The number of ether oxygens (including phenoxy) is 2. The van der Waals surface area contributed by atoms with E-state index in [1.54, 1.807) is 24.3 Å². The highest BCUT2D eigenvalue weighted by molar-refractivity contribution is 8.00. The third-order valence-corrected chi connectivity index (χ3v) is 8.77. The molecule has 4 rings (SSSR count). The lowest BCUT2D eigenvalue weighted by atomic mass is 9.75. The Morgan fingerprint density at radius 3 is 2.59 bits per heavy atom. The van der Waals surface area contributed by atoms with Crippen molar-refractivity contribution >= 4 is 23.7 Å².